The first-order chi connectivity index (χ1) is 9.53. The molecular weight excluding hydrogens is 278 g/mol. The molecule has 1 aromatic rings. The highest BCUT2D eigenvalue weighted by molar-refractivity contribution is 7.87. The molecule has 20 heavy (non-hydrogen) atoms. The van der Waals surface area contributed by atoms with Crippen LogP contribution in [0.25, 0.3) is 0 Å². The fraction of sp³-hybridized carbons (Fsp3) is 0.667. The molecule has 1 saturated heterocycles. The first-order valence-electron chi connectivity index (χ1n) is 6.78. The van der Waals surface area contributed by atoms with Crippen LogP contribution in [-0.4, -0.2) is 41.8 Å². The van der Waals surface area contributed by atoms with Crippen LogP contribution in [0.15, 0.2) is 12.3 Å². The fourth-order valence-electron chi connectivity index (χ4n) is 2.38. The first kappa shape index (κ1) is 15.3. The van der Waals surface area contributed by atoms with Gasteiger partial charge in [0.05, 0.1) is 12.2 Å². The summed E-state index contributed by atoms with van der Waals surface area (Å²) >= 11 is 0. The largest absolute Gasteiger partial charge is 0.329 e. The van der Waals surface area contributed by atoms with E-state index in [2.05, 4.69) is 14.7 Å². The number of aryl methyl sites for hydroxylation is 1. The zero-order valence-electron chi connectivity index (χ0n) is 11.6. The molecule has 1 atom stereocenters. The predicted molar refractivity (Wildman–Crippen MR) is 75.9 cm³/mol. The van der Waals surface area contributed by atoms with Gasteiger partial charge >= 0.3 is 0 Å². The van der Waals surface area contributed by atoms with Crippen molar-refractivity contribution in [2.45, 2.75) is 38.8 Å². The summed E-state index contributed by atoms with van der Waals surface area (Å²) in [6.07, 6.45) is 4.35. The third-order valence-corrected chi connectivity index (χ3v) is 5.03. The van der Waals surface area contributed by atoms with Crippen LogP contribution in [0.2, 0.25) is 0 Å². The monoisotopic (exact) mass is 299 g/mol. The molecule has 0 radical (unpaired) electrons. The van der Waals surface area contributed by atoms with Crippen LogP contribution in [0, 0.1) is 6.92 Å². The van der Waals surface area contributed by atoms with E-state index in [-0.39, 0.29) is 12.6 Å². The molecule has 1 unspecified atom stereocenters. The quantitative estimate of drug-likeness (QED) is 0.792. The summed E-state index contributed by atoms with van der Waals surface area (Å²) in [5, 5.41) is 0. The van der Waals surface area contributed by atoms with Gasteiger partial charge in [0.15, 0.2) is 0 Å². The van der Waals surface area contributed by atoms with Gasteiger partial charge in [-0.1, -0.05) is 6.42 Å². The second kappa shape index (κ2) is 6.57. The van der Waals surface area contributed by atoms with Gasteiger partial charge in [0.25, 0.3) is 10.2 Å². The van der Waals surface area contributed by atoms with Crippen LogP contribution < -0.4 is 10.5 Å². The zero-order chi connectivity index (χ0) is 14.6. The summed E-state index contributed by atoms with van der Waals surface area (Å²) in [5.41, 5.74) is 6.32. The molecule has 0 spiro atoms. The lowest BCUT2D eigenvalue weighted by Gasteiger charge is -2.33. The topological polar surface area (TPSA) is 101 Å². The summed E-state index contributed by atoms with van der Waals surface area (Å²) < 4.78 is 28.7. The number of piperidine rings is 1. The van der Waals surface area contributed by atoms with Crippen molar-refractivity contribution in [3.63, 3.8) is 0 Å². The number of nitrogens with one attached hydrogen (secondary N) is 1. The van der Waals surface area contributed by atoms with Crippen LogP contribution >= 0.6 is 0 Å². The van der Waals surface area contributed by atoms with Crippen molar-refractivity contribution in [3.05, 3.63) is 23.8 Å². The van der Waals surface area contributed by atoms with Gasteiger partial charge in [0.1, 0.15) is 5.82 Å². The Bertz CT molecular complexity index is 549. The molecule has 0 saturated carbocycles. The Labute approximate surface area is 119 Å². The highest BCUT2D eigenvalue weighted by atomic mass is 32.2. The average molecular weight is 299 g/mol. The van der Waals surface area contributed by atoms with Crippen molar-refractivity contribution >= 4 is 10.2 Å². The van der Waals surface area contributed by atoms with E-state index in [1.54, 1.807) is 19.2 Å². The minimum Gasteiger partial charge on any atom is -0.329 e. The molecule has 2 rings (SSSR count). The van der Waals surface area contributed by atoms with E-state index in [1.807, 2.05) is 0 Å². The molecule has 2 heterocycles. The summed E-state index contributed by atoms with van der Waals surface area (Å²) in [6, 6.07) is 1.60. The molecule has 1 aliphatic heterocycles. The van der Waals surface area contributed by atoms with E-state index in [0.29, 0.717) is 24.6 Å². The Morgan fingerprint density at radius 1 is 1.50 bits per heavy atom. The first-order valence-corrected chi connectivity index (χ1v) is 8.22. The van der Waals surface area contributed by atoms with E-state index in [4.69, 9.17) is 5.73 Å². The number of aromatic nitrogens is 2. The van der Waals surface area contributed by atoms with E-state index in [9.17, 15) is 8.42 Å². The lowest BCUT2D eigenvalue weighted by molar-refractivity contribution is 0.254. The van der Waals surface area contributed by atoms with E-state index in [0.717, 1.165) is 19.3 Å². The normalized spacial score (nSPS) is 21.0. The Hall–Kier alpha value is -1.09. The number of nitrogens with two attached hydrogens (primary N) is 1. The number of rotatable bonds is 5. The van der Waals surface area contributed by atoms with Gasteiger partial charge in [-0.25, -0.2) is 9.97 Å². The van der Waals surface area contributed by atoms with Crippen molar-refractivity contribution in [1.82, 2.24) is 19.0 Å². The fourth-order valence-corrected chi connectivity index (χ4v) is 3.83. The van der Waals surface area contributed by atoms with E-state index in [1.165, 1.54) is 4.31 Å². The standard InChI is InChI=1S/C12H21N5O2S/c1-10-14-6-5-11(16-10)9-15-20(18,19)17-7-3-2-4-12(17)8-13/h5-6,12,15H,2-4,7-9,13H2,1H3. The molecule has 7 nitrogen and oxygen atoms in total. The summed E-state index contributed by atoms with van der Waals surface area (Å²) in [7, 11) is -3.51. The molecule has 8 heteroatoms. The number of hydrogen-bond donors (Lipinski definition) is 2. The smallest absolute Gasteiger partial charge is 0.280 e. The third-order valence-electron chi connectivity index (χ3n) is 3.42. The Morgan fingerprint density at radius 2 is 2.30 bits per heavy atom. The average Bonchev–Trinajstić information content (AvgIpc) is 2.45. The molecule has 1 aromatic heterocycles. The molecule has 0 bridgehead atoms. The van der Waals surface area contributed by atoms with Gasteiger partial charge in [0.2, 0.25) is 0 Å². The highest BCUT2D eigenvalue weighted by Gasteiger charge is 2.31. The zero-order valence-corrected chi connectivity index (χ0v) is 12.4. The van der Waals surface area contributed by atoms with Crippen LogP contribution in [0.4, 0.5) is 0 Å². The molecule has 0 amide bonds. The van der Waals surface area contributed by atoms with Gasteiger partial charge in [-0.3, -0.25) is 0 Å². The Morgan fingerprint density at radius 3 is 3.00 bits per heavy atom. The van der Waals surface area contributed by atoms with Crippen molar-refractivity contribution in [2.24, 2.45) is 5.73 Å². The van der Waals surface area contributed by atoms with Crippen LogP contribution in [-0.2, 0) is 16.8 Å². The maximum Gasteiger partial charge on any atom is 0.280 e. The summed E-state index contributed by atoms with van der Waals surface area (Å²) in [6.45, 7) is 2.82. The lowest BCUT2D eigenvalue weighted by atomic mass is 10.1. The van der Waals surface area contributed by atoms with Crippen molar-refractivity contribution in [3.8, 4) is 0 Å². The van der Waals surface area contributed by atoms with Gasteiger partial charge in [-0.2, -0.15) is 17.4 Å². The molecule has 1 aliphatic rings. The molecule has 3 N–H and O–H groups in total. The van der Waals surface area contributed by atoms with Crippen LogP contribution in [0.3, 0.4) is 0 Å². The molecule has 0 aliphatic carbocycles. The predicted octanol–water partition coefficient (Wildman–Crippen LogP) is -0.0674. The van der Waals surface area contributed by atoms with E-state index < -0.39 is 10.2 Å². The SMILES string of the molecule is Cc1nccc(CNS(=O)(=O)N2CCCCC2CN)n1. The van der Waals surface area contributed by atoms with E-state index >= 15 is 0 Å². The summed E-state index contributed by atoms with van der Waals surface area (Å²) in [5.74, 6) is 0.625. The highest BCUT2D eigenvalue weighted by Crippen LogP contribution is 2.19. The molecular formula is C12H21N5O2S. The van der Waals surface area contributed by atoms with Crippen LogP contribution in [0.1, 0.15) is 30.8 Å². The Kier molecular flexibility index (Phi) is 5.03. The maximum atomic E-state index is 12.3. The Balaban J connectivity index is 2.03. The van der Waals surface area contributed by atoms with Crippen LogP contribution in [0.5, 0.6) is 0 Å². The second-order valence-corrected chi connectivity index (χ2v) is 6.63. The minimum atomic E-state index is -3.51. The van der Waals surface area contributed by atoms with Gasteiger partial charge in [0, 0.05) is 25.3 Å². The van der Waals surface area contributed by atoms with Crippen molar-refractivity contribution < 1.29 is 8.42 Å². The van der Waals surface area contributed by atoms with Gasteiger partial charge in [-0.15, -0.1) is 0 Å². The minimum absolute atomic E-state index is 0.103. The molecule has 0 aromatic carbocycles. The lowest BCUT2D eigenvalue weighted by Crippen LogP contribution is -2.51. The third kappa shape index (κ3) is 3.72. The van der Waals surface area contributed by atoms with Gasteiger partial charge < -0.3 is 5.73 Å². The van der Waals surface area contributed by atoms with Crippen molar-refractivity contribution in [1.29, 1.82) is 0 Å². The molecule has 1 fully saturated rings. The maximum absolute atomic E-state index is 12.3. The van der Waals surface area contributed by atoms with Gasteiger partial charge in [-0.05, 0) is 25.8 Å². The summed E-state index contributed by atoms with van der Waals surface area (Å²) in [4.78, 5) is 8.16. The number of nitrogens with zero attached hydrogens (tertiary/aromatic N) is 3. The number of hydrogen-bond acceptors (Lipinski definition) is 5. The van der Waals surface area contributed by atoms with Crippen molar-refractivity contribution in [2.75, 3.05) is 13.1 Å². The molecule has 112 valence electrons. The second-order valence-electron chi connectivity index (χ2n) is 4.92.